The minimum absolute atomic E-state index is 0.0678. The molecule has 0 aliphatic heterocycles. The number of nitriles is 1. The monoisotopic (exact) mass is 288 g/mol. The van der Waals surface area contributed by atoms with Gasteiger partial charge >= 0.3 is 0 Å². The maximum Gasteiger partial charge on any atom is 0.251 e. The number of pyridine rings is 1. The van der Waals surface area contributed by atoms with E-state index in [9.17, 15) is 4.79 Å². The van der Waals surface area contributed by atoms with Gasteiger partial charge in [0.1, 0.15) is 0 Å². The van der Waals surface area contributed by atoms with E-state index in [1.807, 2.05) is 18.2 Å². The molecule has 0 fully saturated rings. The summed E-state index contributed by atoms with van der Waals surface area (Å²) in [6, 6.07) is 14.4. The van der Waals surface area contributed by atoms with Crippen molar-refractivity contribution in [1.82, 2.24) is 4.57 Å². The molecule has 1 aromatic heterocycles. The first-order chi connectivity index (χ1) is 8.20. The summed E-state index contributed by atoms with van der Waals surface area (Å²) < 4.78 is 2.34. The zero-order valence-corrected chi connectivity index (χ0v) is 10.5. The van der Waals surface area contributed by atoms with Crippen LogP contribution in [0.25, 0.3) is 0 Å². The minimum atomic E-state index is -0.0678. The molecule has 17 heavy (non-hydrogen) atoms. The van der Waals surface area contributed by atoms with E-state index in [4.69, 9.17) is 5.26 Å². The third-order valence-corrected chi connectivity index (χ3v) is 3.09. The van der Waals surface area contributed by atoms with Gasteiger partial charge in [-0.15, -0.1) is 0 Å². The Bertz CT molecular complexity index is 640. The van der Waals surface area contributed by atoms with E-state index >= 15 is 0 Å². The van der Waals surface area contributed by atoms with Gasteiger partial charge in [-0.1, -0.05) is 18.2 Å². The Labute approximate surface area is 107 Å². The Hall–Kier alpha value is -1.86. The van der Waals surface area contributed by atoms with Crippen LogP contribution in [-0.2, 0) is 6.54 Å². The predicted octanol–water partition coefficient (Wildman–Crippen LogP) is 2.53. The lowest BCUT2D eigenvalue weighted by molar-refractivity contribution is 0.740. The maximum absolute atomic E-state index is 11.7. The number of rotatable bonds is 2. The molecule has 84 valence electrons. The highest BCUT2D eigenvalue weighted by atomic mass is 79.9. The summed E-state index contributed by atoms with van der Waals surface area (Å²) in [6.07, 6.45) is 0. The third-order valence-electron chi connectivity index (χ3n) is 2.39. The Morgan fingerprint density at radius 1 is 1.24 bits per heavy atom. The van der Waals surface area contributed by atoms with Gasteiger partial charge in [-0.05, 0) is 39.7 Å². The van der Waals surface area contributed by atoms with Gasteiger partial charge in [0.05, 0.1) is 22.8 Å². The third kappa shape index (κ3) is 2.63. The lowest BCUT2D eigenvalue weighted by atomic mass is 10.1. The first-order valence-corrected chi connectivity index (χ1v) is 5.84. The molecule has 0 radical (unpaired) electrons. The number of hydrogen-bond donors (Lipinski definition) is 0. The number of benzene rings is 1. The molecule has 0 bridgehead atoms. The highest BCUT2D eigenvalue weighted by Crippen LogP contribution is 2.10. The van der Waals surface area contributed by atoms with Crippen molar-refractivity contribution in [3.05, 3.63) is 68.5 Å². The van der Waals surface area contributed by atoms with Crippen LogP contribution < -0.4 is 5.56 Å². The zero-order chi connectivity index (χ0) is 12.3. The largest absolute Gasteiger partial charge is 0.298 e. The molecule has 0 aliphatic rings. The number of aromatic nitrogens is 1. The fourth-order valence-corrected chi connectivity index (χ4v) is 2.02. The van der Waals surface area contributed by atoms with Crippen molar-refractivity contribution in [3.8, 4) is 6.07 Å². The Kier molecular flexibility index (Phi) is 3.40. The summed E-state index contributed by atoms with van der Waals surface area (Å²) in [5, 5.41) is 8.81. The molecule has 0 atom stereocenters. The van der Waals surface area contributed by atoms with Crippen LogP contribution >= 0.6 is 15.9 Å². The maximum atomic E-state index is 11.7. The average molecular weight is 289 g/mol. The van der Waals surface area contributed by atoms with Crippen molar-refractivity contribution in [2.45, 2.75) is 6.54 Å². The highest BCUT2D eigenvalue weighted by molar-refractivity contribution is 9.10. The smallest absolute Gasteiger partial charge is 0.251 e. The SMILES string of the molecule is N#Cc1cccc(Cn2c(Br)cccc2=O)c1. The second kappa shape index (κ2) is 4.98. The van der Waals surface area contributed by atoms with Crippen molar-refractivity contribution in [2.24, 2.45) is 0 Å². The Morgan fingerprint density at radius 3 is 2.71 bits per heavy atom. The molecule has 2 aromatic rings. The van der Waals surface area contributed by atoms with Gasteiger partial charge in [0, 0.05) is 6.07 Å². The first kappa shape index (κ1) is 11.6. The van der Waals surface area contributed by atoms with E-state index in [1.165, 1.54) is 6.07 Å². The summed E-state index contributed by atoms with van der Waals surface area (Å²) in [6.45, 7) is 0.454. The molecule has 0 amide bonds. The average Bonchev–Trinajstić information content (AvgIpc) is 2.34. The normalized spacial score (nSPS) is 9.88. The van der Waals surface area contributed by atoms with Crippen LogP contribution in [0.3, 0.4) is 0 Å². The molecule has 0 saturated heterocycles. The molecule has 3 nitrogen and oxygen atoms in total. The van der Waals surface area contributed by atoms with Crippen molar-refractivity contribution >= 4 is 15.9 Å². The summed E-state index contributed by atoms with van der Waals surface area (Å²) in [5.74, 6) is 0. The van der Waals surface area contributed by atoms with Gasteiger partial charge in [-0.2, -0.15) is 5.26 Å². The summed E-state index contributed by atoms with van der Waals surface area (Å²) in [5.41, 5.74) is 1.46. The zero-order valence-electron chi connectivity index (χ0n) is 8.93. The van der Waals surface area contributed by atoms with Crippen LogP contribution in [0.5, 0.6) is 0 Å². The molecule has 0 saturated carbocycles. The number of hydrogen-bond acceptors (Lipinski definition) is 2. The quantitative estimate of drug-likeness (QED) is 0.797. The van der Waals surface area contributed by atoms with Crippen LogP contribution in [0.4, 0.5) is 0 Å². The van der Waals surface area contributed by atoms with Crippen LogP contribution in [-0.4, -0.2) is 4.57 Å². The Morgan fingerprint density at radius 2 is 2.00 bits per heavy atom. The topological polar surface area (TPSA) is 45.8 Å². The first-order valence-electron chi connectivity index (χ1n) is 5.05. The summed E-state index contributed by atoms with van der Waals surface area (Å²) >= 11 is 3.34. The van der Waals surface area contributed by atoms with Gasteiger partial charge in [0.2, 0.25) is 0 Å². The molecule has 1 heterocycles. The molecule has 4 heteroatoms. The lowest BCUT2D eigenvalue weighted by Gasteiger charge is -2.08. The minimum Gasteiger partial charge on any atom is -0.298 e. The van der Waals surface area contributed by atoms with Gasteiger partial charge in [-0.3, -0.25) is 9.36 Å². The second-order valence-electron chi connectivity index (χ2n) is 3.59. The van der Waals surface area contributed by atoms with E-state index in [2.05, 4.69) is 22.0 Å². The van der Waals surface area contributed by atoms with Gasteiger partial charge in [0.25, 0.3) is 5.56 Å². The fraction of sp³-hybridized carbons (Fsp3) is 0.0769. The van der Waals surface area contributed by atoms with Gasteiger partial charge in [-0.25, -0.2) is 0 Å². The van der Waals surface area contributed by atoms with E-state index in [-0.39, 0.29) is 5.56 Å². The van der Waals surface area contributed by atoms with Crippen molar-refractivity contribution < 1.29 is 0 Å². The number of halogens is 1. The van der Waals surface area contributed by atoms with Gasteiger partial charge in [0.15, 0.2) is 0 Å². The standard InChI is InChI=1S/C13H9BrN2O/c14-12-5-2-6-13(17)16(12)9-11-4-1-3-10(7-11)8-15/h1-7H,9H2. The van der Waals surface area contributed by atoms with E-state index in [0.29, 0.717) is 12.1 Å². The lowest BCUT2D eigenvalue weighted by Crippen LogP contribution is -2.20. The molecule has 0 aliphatic carbocycles. The Balaban J connectivity index is 2.39. The predicted molar refractivity (Wildman–Crippen MR) is 68.7 cm³/mol. The molecule has 0 N–H and O–H groups in total. The molecular weight excluding hydrogens is 280 g/mol. The van der Waals surface area contributed by atoms with E-state index < -0.39 is 0 Å². The molecule has 0 unspecified atom stereocenters. The molecular formula is C13H9BrN2O. The van der Waals surface area contributed by atoms with E-state index in [0.717, 1.165) is 10.2 Å². The summed E-state index contributed by atoms with van der Waals surface area (Å²) in [4.78, 5) is 11.7. The van der Waals surface area contributed by atoms with Crippen molar-refractivity contribution in [3.63, 3.8) is 0 Å². The molecule has 0 spiro atoms. The van der Waals surface area contributed by atoms with Gasteiger partial charge < -0.3 is 0 Å². The fourth-order valence-electron chi connectivity index (χ4n) is 1.57. The highest BCUT2D eigenvalue weighted by Gasteiger charge is 2.02. The molecule has 2 rings (SSSR count). The van der Waals surface area contributed by atoms with E-state index in [1.54, 1.807) is 22.8 Å². The van der Waals surface area contributed by atoms with Crippen molar-refractivity contribution in [2.75, 3.05) is 0 Å². The van der Waals surface area contributed by atoms with Crippen LogP contribution in [0.15, 0.2) is 51.9 Å². The molecule has 1 aromatic carbocycles. The van der Waals surface area contributed by atoms with Crippen LogP contribution in [0.2, 0.25) is 0 Å². The van der Waals surface area contributed by atoms with Crippen LogP contribution in [0, 0.1) is 11.3 Å². The van der Waals surface area contributed by atoms with Crippen molar-refractivity contribution in [1.29, 1.82) is 5.26 Å². The van der Waals surface area contributed by atoms with Crippen LogP contribution in [0.1, 0.15) is 11.1 Å². The number of nitrogens with zero attached hydrogens (tertiary/aromatic N) is 2. The summed E-state index contributed by atoms with van der Waals surface area (Å²) in [7, 11) is 0. The second-order valence-corrected chi connectivity index (χ2v) is 4.40.